The van der Waals surface area contributed by atoms with Crippen LogP contribution in [0.5, 0.6) is 0 Å². The third-order valence-electron chi connectivity index (χ3n) is 1.60. The maximum Gasteiger partial charge on any atom is 0.329 e. The highest BCUT2D eigenvalue weighted by atomic mass is 31.2. The molecular weight excluding hydrogens is 199 g/mol. The minimum Gasteiger partial charge on any atom is -0.324 e. The topological polar surface area (TPSA) is 46.5 Å². The molecule has 3 nitrogen and oxygen atoms in total. The number of hydrogen-bond acceptors (Lipinski definition) is 2. The Morgan fingerprint density at radius 1 is 1.71 bits per heavy atom. The van der Waals surface area contributed by atoms with Gasteiger partial charge in [0, 0.05) is 5.41 Å². The van der Waals surface area contributed by atoms with Crippen LogP contribution in [0.4, 0.5) is 0 Å². The van der Waals surface area contributed by atoms with E-state index in [1.165, 1.54) is 0 Å². The zero-order valence-corrected chi connectivity index (χ0v) is 9.59. The molecule has 0 bridgehead atoms. The van der Waals surface area contributed by atoms with Crippen LogP contribution in [-0.2, 0) is 9.09 Å². The van der Waals surface area contributed by atoms with Gasteiger partial charge in [0.2, 0.25) is 0 Å². The average molecular weight is 216 g/mol. The van der Waals surface area contributed by atoms with Crippen LogP contribution in [0, 0.1) is 17.8 Å². The quantitative estimate of drug-likeness (QED) is 0.321. The molecule has 0 aliphatic carbocycles. The van der Waals surface area contributed by atoms with Crippen molar-refractivity contribution in [3.8, 4) is 12.3 Å². The molecular formula is C10H17O3P. The Kier molecular flexibility index (Phi) is 5.15. The summed E-state index contributed by atoms with van der Waals surface area (Å²) in [4.78, 5) is 9.41. The molecule has 0 saturated carbocycles. The average Bonchev–Trinajstić information content (AvgIpc) is 2.03. The van der Waals surface area contributed by atoms with Crippen LogP contribution >= 0.6 is 7.60 Å². The highest BCUT2D eigenvalue weighted by Gasteiger charge is 2.29. The summed E-state index contributed by atoms with van der Waals surface area (Å²) in [6.45, 7) is 7.15. The second kappa shape index (κ2) is 5.36. The molecule has 0 aliphatic heterocycles. The molecule has 80 valence electrons. The van der Waals surface area contributed by atoms with Gasteiger partial charge in [-0.3, -0.25) is 4.57 Å². The zero-order chi connectivity index (χ0) is 11.2. The normalized spacial score (nSPS) is 15.6. The van der Waals surface area contributed by atoms with Crippen molar-refractivity contribution < 1.29 is 14.0 Å². The van der Waals surface area contributed by atoms with E-state index in [2.05, 4.69) is 12.5 Å². The molecule has 0 spiro atoms. The lowest BCUT2D eigenvalue weighted by molar-refractivity contribution is 0.257. The second-order valence-electron chi connectivity index (χ2n) is 3.73. The molecule has 1 unspecified atom stereocenters. The van der Waals surface area contributed by atoms with E-state index in [1.54, 1.807) is 19.9 Å². The van der Waals surface area contributed by atoms with Crippen LogP contribution < -0.4 is 0 Å². The highest BCUT2D eigenvalue weighted by molar-refractivity contribution is 7.52. The van der Waals surface area contributed by atoms with Crippen molar-refractivity contribution in [3.63, 3.8) is 0 Å². The third kappa shape index (κ3) is 5.99. The van der Waals surface area contributed by atoms with Crippen LogP contribution in [0.1, 0.15) is 20.3 Å². The summed E-state index contributed by atoms with van der Waals surface area (Å²) >= 11 is 0. The SMILES string of the molecule is C#CC(C)(C)CP(=O)(O)OCCC=C. The van der Waals surface area contributed by atoms with Crippen molar-refractivity contribution in [2.45, 2.75) is 20.3 Å². The first-order valence-corrected chi connectivity index (χ1v) is 6.14. The minimum absolute atomic E-state index is 0.0202. The van der Waals surface area contributed by atoms with E-state index in [9.17, 15) is 9.46 Å². The van der Waals surface area contributed by atoms with E-state index in [1.807, 2.05) is 0 Å². The maximum absolute atomic E-state index is 11.5. The molecule has 0 heterocycles. The molecule has 0 aromatic heterocycles. The monoisotopic (exact) mass is 216 g/mol. The van der Waals surface area contributed by atoms with Crippen molar-refractivity contribution in [2.24, 2.45) is 5.41 Å². The van der Waals surface area contributed by atoms with E-state index < -0.39 is 13.0 Å². The summed E-state index contributed by atoms with van der Waals surface area (Å²) in [6, 6.07) is 0. The van der Waals surface area contributed by atoms with Crippen LogP contribution in [0.25, 0.3) is 0 Å². The summed E-state index contributed by atoms with van der Waals surface area (Å²) in [6.07, 6.45) is 7.38. The molecule has 14 heavy (non-hydrogen) atoms. The summed E-state index contributed by atoms with van der Waals surface area (Å²) in [5.41, 5.74) is -0.613. The van der Waals surface area contributed by atoms with E-state index in [4.69, 9.17) is 10.9 Å². The van der Waals surface area contributed by atoms with Crippen molar-refractivity contribution in [1.29, 1.82) is 0 Å². The van der Waals surface area contributed by atoms with E-state index >= 15 is 0 Å². The molecule has 4 heteroatoms. The Hall–Kier alpha value is -0.550. The second-order valence-corrected chi connectivity index (χ2v) is 5.58. The molecule has 0 aromatic carbocycles. The number of hydrogen-bond donors (Lipinski definition) is 1. The number of rotatable bonds is 6. The lowest BCUT2D eigenvalue weighted by atomic mass is 9.98. The van der Waals surface area contributed by atoms with Crippen molar-refractivity contribution in [1.82, 2.24) is 0 Å². The minimum atomic E-state index is -3.55. The fourth-order valence-electron chi connectivity index (χ4n) is 0.869. The first kappa shape index (κ1) is 13.4. The highest BCUT2D eigenvalue weighted by Crippen LogP contribution is 2.46. The van der Waals surface area contributed by atoms with Gasteiger partial charge in [0.15, 0.2) is 0 Å². The molecule has 0 rings (SSSR count). The van der Waals surface area contributed by atoms with Gasteiger partial charge in [-0.2, -0.15) is 0 Å². The van der Waals surface area contributed by atoms with Gasteiger partial charge in [0.05, 0.1) is 12.8 Å². The fourth-order valence-corrected chi connectivity index (χ4v) is 2.44. The largest absolute Gasteiger partial charge is 0.329 e. The Labute approximate surface area is 85.7 Å². The molecule has 0 saturated heterocycles. The Morgan fingerprint density at radius 2 is 2.29 bits per heavy atom. The predicted octanol–water partition coefficient (Wildman–Crippen LogP) is 2.42. The van der Waals surface area contributed by atoms with Gasteiger partial charge in [-0.05, 0) is 20.3 Å². The van der Waals surface area contributed by atoms with Crippen molar-refractivity contribution >= 4 is 7.60 Å². The summed E-state index contributed by atoms with van der Waals surface area (Å²) in [5, 5.41) is 0. The smallest absolute Gasteiger partial charge is 0.324 e. The van der Waals surface area contributed by atoms with Gasteiger partial charge in [-0.25, -0.2) is 0 Å². The molecule has 0 aromatic rings. The zero-order valence-electron chi connectivity index (χ0n) is 8.69. The van der Waals surface area contributed by atoms with E-state index in [0.717, 1.165) is 0 Å². The summed E-state index contributed by atoms with van der Waals surface area (Å²) in [7, 11) is -3.55. The molecule has 0 amide bonds. The van der Waals surface area contributed by atoms with Gasteiger partial charge < -0.3 is 9.42 Å². The standard InChI is InChI=1S/C10H17O3P/c1-5-7-8-13-14(11,12)9-10(3,4)6-2/h2,5H,1,7-9H2,3-4H3,(H,11,12). The molecule has 0 aliphatic rings. The predicted molar refractivity (Wildman–Crippen MR) is 58.1 cm³/mol. The van der Waals surface area contributed by atoms with Crippen LogP contribution in [0.2, 0.25) is 0 Å². The van der Waals surface area contributed by atoms with E-state index in [0.29, 0.717) is 6.42 Å². The van der Waals surface area contributed by atoms with Gasteiger partial charge >= 0.3 is 7.60 Å². The fraction of sp³-hybridized carbons (Fsp3) is 0.600. The van der Waals surface area contributed by atoms with Crippen LogP contribution in [0.15, 0.2) is 12.7 Å². The van der Waals surface area contributed by atoms with E-state index in [-0.39, 0.29) is 12.8 Å². The van der Waals surface area contributed by atoms with Gasteiger partial charge in [0.1, 0.15) is 0 Å². The Bertz CT molecular complexity index is 276. The first-order valence-electron chi connectivity index (χ1n) is 4.38. The lowest BCUT2D eigenvalue weighted by Gasteiger charge is -2.20. The van der Waals surface area contributed by atoms with Gasteiger partial charge in [-0.15, -0.1) is 13.0 Å². The number of terminal acetylenes is 1. The lowest BCUT2D eigenvalue weighted by Crippen LogP contribution is -2.15. The Morgan fingerprint density at radius 3 is 2.71 bits per heavy atom. The molecule has 1 N–H and O–H groups in total. The first-order chi connectivity index (χ1) is 6.33. The third-order valence-corrected chi connectivity index (χ3v) is 3.38. The van der Waals surface area contributed by atoms with Crippen molar-refractivity contribution in [3.05, 3.63) is 12.7 Å². The van der Waals surface area contributed by atoms with Gasteiger partial charge in [-0.1, -0.05) is 12.0 Å². The van der Waals surface area contributed by atoms with Crippen LogP contribution in [0.3, 0.4) is 0 Å². The maximum atomic E-state index is 11.5. The Balaban J connectivity index is 4.15. The van der Waals surface area contributed by atoms with Gasteiger partial charge in [0.25, 0.3) is 0 Å². The summed E-state index contributed by atoms with van der Waals surface area (Å²) in [5.74, 6) is 2.46. The van der Waals surface area contributed by atoms with Crippen molar-refractivity contribution in [2.75, 3.05) is 12.8 Å². The molecule has 1 atom stereocenters. The van der Waals surface area contributed by atoms with Crippen LogP contribution in [-0.4, -0.2) is 17.7 Å². The molecule has 0 radical (unpaired) electrons. The molecule has 0 fully saturated rings. The summed E-state index contributed by atoms with van der Waals surface area (Å²) < 4.78 is 16.3.